The number of carbonyl (C=O) groups is 1. The molecule has 3 rings (SSSR count). The molecule has 0 aromatic carbocycles. The Labute approximate surface area is 137 Å². The molecule has 1 amide bonds. The van der Waals surface area contributed by atoms with E-state index in [0.717, 1.165) is 30.8 Å². The van der Waals surface area contributed by atoms with Crippen molar-refractivity contribution in [3.8, 4) is 10.6 Å². The van der Waals surface area contributed by atoms with Gasteiger partial charge in [-0.3, -0.25) is 4.79 Å². The number of amides is 1. The molecule has 0 unspecified atom stereocenters. The maximum absolute atomic E-state index is 12.1. The molecular weight excluding hydrogens is 333 g/mol. The smallest absolute Gasteiger partial charge is 0.273 e. The number of piperidine rings is 1. The first kappa shape index (κ1) is 16.3. The minimum Gasteiger partial charge on any atom is -0.355 e. The van der Waals surface area contributed by atoms with Gasteiger partial charge in [0.05, 0.1) is 9.21 Å². The van der Waals surface area contributed by atoms with E-state index in [9.17, 15) is 4.79 Å². The quantitative estimate of drug-likeness (QED) is 0.895. The molecule has 114 valence electrons. The maximum atomic E-state index is 12.1. The van der Waals surface area contributed by atoms with E-state index >= 15 is 0 Å². The van der Waals surface area contributed by atoms with E-state index in [1.54, 1.807) is 12.1 Å². The summed E-state index contributed by atoms with van der Waals surface area (Å²) in [5.74, 6) is 0.366. The van der Waals surface area contributed by atoms with Crippen LogP contribution in [-0.4, -0.2) is 30.2 Å². The van der Waals surface area contributed by atoms with Crippen LogP contribution < -0.4 is 10.6 Å². The van der Waals surface area contributed by atoms with Crippen molar-refractivity contribution < 1.29 is 9.32 Å². The minimum atomic E-state index is -0.198. The number of nitrogens with zero attached hydrogens (tertiary/aromatic N) is 1. The maximum Gasteiger partial charge on any atom is 0.273 e. The van der Waals surface area contributed by atoms with Gasteiger partial charge >= 0.3 is 0 Å². The number of rotatable bonds is 3. The van der Waals surface area contributed by atoms with Crippen LogP contribution in [0.4, 0.5) is 0 Å². The van der Waals surface area contributed by atoms with E-state index < -0.39 is 0 Å². The van der Waals surface area contributed by atoms with Crippen molar-refractivity contribution in [1.82, 2.24) is 15.8 Å². The lowest BCUT2D eigenvalue weighted by Gasteiger charge is -2.23. The molecule has 0 aliphatic carbocycles. The molecule has 1 aliphatic heterocycles. The fourth-order valence-electron chi connectivity index (χ4n) is 2.18. The Morgan fingerprint density at radius 2 is 2.38 bits per heavy atom. The Balaban J connectivity index is 0.00000161. The Kier molecular flexibility index (Phi) is 5.64. The average Bonchev–Trinajstić information content (AvgIpc) is 3.08. The van der Waals surface area contributed by atoms with Crippen molar-refractivity contribution >= 4 is 41.3 Å². The molecule has 5 nitrogen and oxygen atoms in total. The van der Waals surface area contributed by atoms with Crippen LogP contribution >= 0.6 is 35.3 Å². The van der Waals surface area contributed by atoms with Gasteiger partial charge in [-0.2, -0.15) is 0 Å². The molecule has 0 saturated carbocycles. The number of thiophene rings is 1. The Hall–Kier alpha value is -1.08. The second-order valence-corrected chi connectivity index (χ2v) is 6.41. The van der Waals surface area contributed by atoms with Crippen molar-refractivity contribution in [1.29, 1.82) is 0 Å². The predicted octanol–water partition coefficient (Wildman–Crippen LogP) is 2.96. The topological polar surface area (TPSA) is 67.2 Å². The minimum absolute atomic E-state index is 0. The van der Waals surface area contributed by atoms with E-state index in [4.69, 9.17) is 16.1 Å². The van der Waals surface area contributed by atoms with Gasteiger partial charge in [0.1, 0.15) is 0 Å². The van der Waals surface area contributed by atoms with E-state index in [1.165, 1.54) is 11.3 Å². The predicted molar refractivity (Wildman–Crippen MR) is 85.4 cm³/mol. The molecule has 21 heavy (non-hydrogen) atoms. The fourth-order valence-corrected chi connectivity index (χ4v) is 3.17. The fraction of sp³-hybridized carbons (Fsp3) is 0.385. The summed E-state index contributed by atoms with van der Waals surface area (Å²) in [5, 5.41) is 10.0. The summed E-state index contributed by atoms with van der Waals surface area (Å²) in [6, 6.07) is 5.44. The van der Waals surface area contributed by atoms with Crippen LogP contribution in [0.1, 0.15) is 23.3 Å². The van der Waals surface area contributed by atoms with Crippen LogP contribution in [0.5, 0.6) is 0 Å². The van der Waals surface area contributed by atoms with Gasteiger partial charge in [0.2, 0.25) is 0 Å². The number of hydrogen-bond donors (Lipinski definition) is 2. The molecule has 1 atom stereocenters. The molecule has 2 N–H and O–H groups in total. The third-order valence-corrected chi connectivity index (χ3v) is 4.44. The molecule has 1 saturated heterocycles. The van der Waals surface area contributed by atoms with Gasteiger partial charge in [-0.25, -0.2) is 0 Å². The highest BCUT2D eigenvalue weighted by atomic mass is 35.5. The number of aromatic nitrogens is 1. The largest absolute Gasteiger partial charge is 0.355 e. The van der Waals surface area contributed by atoms with Crippen LogP contribution in [0, 0.1) is 0 Å². The number of nitrogens with one attached hydrogen (secondary N) is 2. The van der Waals surface area contributed by atoms with Gasteiger partial charge in [0, 0.05) is 18.7 Å². The first-order chi connectivity index (χ1) is 9.72. The van der Waals surface area contributed by atoms with Gasteiger partial charge < -0.3 is 15.2 Å². The summed E-state index contributed by atoms with van der Waals surface area (Å²) in [4.78, 5) is 12.9. The molecule has 1 fully saturated rings. The molecule has 0 radical (unpaired) electrons. The standard InChI is InChI=1S/C13H14ClN3O2S.ClH/c14-12-4-3-11(20-12)10-6-9(17-19-10)13(18)16-8-2-1-5-15-7-8;/h3-4,6,8,15H,1-2,5,7H2,(H,16,18);1H/t8-;/m0./s1. The van der Waals surface area contributed by atoms with Gasteiger partial charge in [-0.15, -0.1) is 23.7 Å². The summed E-state index contributed by atoms with van der Waals surface area (Å²) in [6.07, 6.45) is 2.06. The normalized spacial score (nSPS) is 18.0. The second kappa shape index (κ2) is 7.26. The Morgan fingerprint density at radius 3 is 3.05 bits per heavy atom. The van der Waals surface area contributed by atoms with Crippen LogP contribution in [0.3, 0.4) is 0 Å². The highest BCUT2D eigenvalue weighted by Gasteiger charge is 2.19. The molecule has 8 heteroatoms. The number of hydrogen-bond acceptors (Lipinski definition) is 5. The zero-order chi connectivity index (χ0) is 13.9. The summed E-state index contributed by atoms with van der Waals surface area (Å²) < 4.78 is 5.88. The zero-order valence-electron chi connectivity index (χ0n) is 11.1. The SMILES string of the molecule is Cl.O=C(N[C@H]1CCCNC1)c1cc(-c2ccc(Cl)s2)on1. The third-order valence-electron chi connectivity index (χ3n) is 3.19. The Morgan fingerprint density at radius 1 is 1.52 bits per heavy atom. The summed E-state index contributed by atoms with van der Waals surface area (Å²) in [6.45, 7) is 1.82. The lowest BCUT2D eigenvalue weighted by Crippen LogP contribution is -2.45. The molecule has 3 heterocycles. The second-order valence-electron chi connectivity index (χ2n) is 4.70. The highest BCUT2D eigenvalue weighted by molar-refractivity contribution is 7.19. The van der Waals surface area contributed by atoms with Crippen LogP contribution in [0.15, 0.2) is 22.7 Å². The highest BCUT2D eigenvalue weighted by Crippen LogP contribution is 2.31. The zero-order valence-corrected chi connectivity index (χ0v) is 13.5. The van der Waals surface area contributed by atoms with Crippen molar-refractivity contribution in [2.75, 3.05) is 13.1 Å². The van der Waals surface area contributed by atoms with E-state index in [0.29, 0.717) is 15.8 Å². The van der Waals surface area contributed by atoms with Crippen molar-refractivity contribution in [3.63, 3.8) is 0 Å². The van der Waals surface area contributed by atoms with Gasteiger partial charge in [0.25, 0.3) is 5.91 Å². The van der Waals surface area contributed by atoms with Crippen molar-refractivity contribution in [2.24, 2.45) is 0 Å². The van der Waals surface area contributed by atoms with Crippen LogP contribution in [0.2, 0.25) is 4.34 Å². The summed E-state index contributed by atoms with van der Waals surface area (Å²) in [5.41, 5.74) is 0.301. The number of carbonyl (C=O) groups excluding carboxylic acids is 1. The van der Waals surface area contributed by atoms with E-state index in [1.807, 2.05) is 6.07 Å². The molecular formula is C13H15Cl2N3O2S. The Bertz CT molecular complexity index is 608. The molecule has 2 aromatic heterocycles. The summed E-state index contributed by atoms with van der Waals surface area (Å²) in [7, 11) is 0. The molecule has 0 bridgehead atoms. The molecule has 1 aliphatic rings. The first-order valence-electron chi connectivity index (χ1n) is 6.46. The van der Waals surface area contributed by atoms with Gasteiger partial charge in [0.15, 0.2) is 11.5 Å². The van der Waals surface area contributed by atoms with Crippen molar-refractivity contribution in [2.45, 2.75) is 18.9 Å². The first-order valence-corrected chi connectivity index (χ1v) is 7.66. The molecule has 2 aromatic rings. The number of halogens is 2. The van der Waals surface area contributed by atoms with Crippen LogP contribution in [-0.2, 0) is 0 Å². The van der Waals surface area contributed by atoms with Gasteiger partial charge in [-0.05, 0) is 31.5 Å². The summed E-state index contributed by atoms with van der Waals surface area (Å²) >= 11 is 7.27. The van der Waals surface area contributed by atoms with Crippen molar-refractivity contribution in [3.05, 3.63) is 28.2 Å². The monoisotopic (exact) mass is 347 g/mol. The lowest BCUT2D eigenvalue weighted by molar-refractivity contribution is 0.0921. The van der Waals surface area contributed by atoms with E-state index in [-0.39, 0.29) is 24.4 Å². The average molecular weight is 348 g/mol. The van der Waals surface area contributed by atoms with Crippen LogP contribution in [0.25, 0.3) is 10.6 Å². The van der Waals surface area contributed by atoms with E-state index in [2.05, 4.69) is 15.8 Å². The third kappa shape index (κ3) is 3.97. The molecule has 0 spiro atoms. The van der Waals surface area contributed by atoms with Gasteiger partial charge in [-0.1, -0.05) is 16.8 Å². The lowest BCUT2D eigenvalue weighted by atomic mass is 10.1.